The molecule has 7 nitrogen and oxygen atoms in total. The number of aromatic nitrogens is 4. The fourth-order valence-electron chi connectivity index (χ4n) is 2.65. The van der Waals surface area contributed by atoms with Gasteiger partial charge in [-0.15, -0.1) is 0 Å². The molecule has 26 heavy (non-hydrogen) atoms. The van der Waals surface area contributed by atoms with Crippen LogP contribution < -0.4 is 10.7 Å². The van der Waals surface area contributed by atoms with Gasteiger partial charge >= 0.3 is 0 Å². The first-order valence-corrected chi connectivity index (χ1v) is 7.86. The summed E-state index contributed by atoms with van der Waals surface area (Å²) in [5.41, 5.74) is 1.37. The van der Waals surface area contributed by atoms with Crippen LogP contribution in [0, 0.1) is 0 Å². The van der Waals surface area contributed by atoms with E-state index < -0.39 is 5.91 Å². The largest absolute Gasteiger partial charge is 0.322 e. The third-order valence-electron chi connectivity index (χ3n) is 3.87. The number of anilines is 1. The van der Waals surface area contributed by atoms with Gasteiger partial charge in [0.25, 0.3) is 5.91 Å². The van der Waals surface area contributed by atoms with E-state index in [-0.39, 0.29) is 11.0 Å². The molecule has 0 aliphatic rings. The first kappa shape index (κ1) is 15.6. The quantitative estimate of drug-likeness (QED) is 0.617. The van der Waals surface area contributed by atoms with Crippen molar-refractivity contribution >= 4 is 22.6 Å². The molecule has 4 aromatic rings. The zero-order valence-electron chi connectivity index (χ0n) is 13.5. The third-order valence-corrected chi connectivity index (χ3v) is 3.87. The summed E-state index contributed by atoms with van der Waals surface area (Å²) in [7, 11) is 0. The molecule has 0 aliphatic carbocycles. The Hall–Kier alpha value is -3.87. The Balaban J connectivity index is 1.89. The van der Waals surface area contributed by atoms with Gasteiger partial charge in [0.05, 0.1) is 17.3 Å². The van der Waals surface area contributed by atoms with Crippen LogP contribution in [0.15, 0.2) is 78.4 Å². The van der Waals surface area contributed by atoms with E-state index in [0.717, 1.165) is 0 Å². The number of rotatable bonds is 3. The minimum absolute atomic E-state index is 0.0196. The first-order valence-electron chi connectivity index (χ1n) is 7.86. The van der Waals surface area contributed by atoms with Crippen LogP contribution in [0.5, 0.6) is 0 Å². The van der Waals surface area contributed by atoms with E-state index in [1.54, 1.807) is 65.9 Å². The first-order chi connectivity index (χ1) is 12.7. The molecule has 0 saturated carbocycles. The van der Waals surface area contributed by atoms with Crippen molar-refractivity contribution in [2.75, 3.05) is 5.32 Å². The summed E-state index contributed by atoms with van der Waals surface area (Å²) in [5, 5.41) is 3.07. The smallest absolute Gasteiger partial charge is 0.261 e. The second kappa shape index (κ2) is 6.56. The Morgan fingerprint density at radius 1 is 0.962 bits per heavy atom. The number of carbonyl (C=O) groups is 1. The molecule has 0 spiro atoms. The van der Waals surface area contributed by atoms with Crippen LogP contribution in [0.2, 0.25) is 0 Å². The topological polar surface area (TPSA) is 89.8 Å². The summed E-state index contributed by atoms with van der Waals surface area (Å²) in [6.45, 7) is 0. The number of fused-ring (bicyclic) bond motifs is 1. The van der Waals surface area contributed by atoms with Crippen LogP contribution in [0.4, 0.5) is 5.69 Å². The molecule has 4 aromatic heterocycles. The second-order valence-electron chi connectivity index (χ2n) is 5.52. The molecule has 4 heterocycles. The molecule has 1 N–H and O–H groups in total. The Labute approximate surface area is 148 Å². The molecule has 4 rings (SSSR count). The van der Waals surface area contributed by atoms with Crippen molar-refractivity contribution in [3.8, 4) is 5.69 Å². The van der Waals surface area contributed by atoms with Gasteiger partial charge in [0.1, 0.15) is 11.2 Å². The van der Waals surface area contributed by atoms with Crippen LogP contribution in [-0.4, -0.2) is 25.4 Å². The van der Waals surface area contributed by atoms with Crippen molar-refractivity contribution in [3.05, 3.63) is 89.4 Å². The van der Waals surface area contributed by atoms with E-state index in [1.807, 2.05) is 6.07 Å². The molecule has 0 radical (unpaired) electrons. The summed E-state index contributed by atoms with van der Waals surface area (Å²) < 4.78 is 1.69. The number of hydrogen-bond acceptors (Lipinski definition) is 5. The van der Waals surface area contributed by atoms with Crippen molar-refractivity contribution in [1.29, 1.82) is 0 Å². The predicted octanol–water partition coefficient (Wildman–Crippen LogP) is 2.43. The van der Waals surface area contributed by atoms with E-state index in [4.69, 9.17) is 0 Å². The van der Waals surface area contributed by atoms with Gasteiger partial charge in [-0.25, -0.2) is 4.98 Å². The number of nitrogens with one attached hydrogen (secondary N) is 1. The predicted molar refractivity (Wildman–Crippen MR) is 97.3 cm³/mol. The average Bonchev–Trinajstić information content (AvgIpc) is 2.70. The molecular formula is C19H13N5O2. The number of pyridine rings is 4. The summed E-state index contributed by atoms with van der Waals surface area (Å²) in [6.07, 6.45) is 9.51. The fraction of sp³-hybridized carbons (Fsp3) is 0. The molecule has 0 bridgehead atoms. The molecule has 0 saturated heterocycles. The second-order valence-corrected chi connectivity index (χ2v) is 5.52. The van der Waals surface area contributed by atoms with Gasteiger partial charge in [0, 0.05) is 36.7 Å². The molecule has 126 valence electrons. The summed E-state index contributed by atoms with van der Waals surface area (Å²) in [4.78, 5) is 37.8. The number of nitrogens with zero attached hydrogens (tertiary/aromatic N) is 4. The fourth-order valence-corrected chi connectivity index (χ4v) is 2.65. The molecule has 0 aliphatic heterocycles. The van der Waals surface area contributed by atoms with Gasteiger partial charge in [0.15, 0.2) is 0 Å². The molecule has 0 unspecified atom stereocenters. The molecule has 1 amide bonds. The highest BCUT2D eigenvalue weighted by Gasteiger charge is 2.17. The van der Waals surface area contributed by atoms with Crippen molar-refractivity contribution < 1.29 is 4.79 Å². The average molecular weight is 343 g/mol. The molecule has 0 fully saturated rings. The summed E-state index contributed by atoms with van der Waals surface area (Å²) in [5.74, 6) is -0.496. The van der Waals surface area contributed by atoms with E-state index in [9.17, 15) is 9.59 Å². The van der Waals surface area contributed by atoms with Gasteiger partial charge in [-0.05, 0) is 36.4 Å². The van der Waals surface area contributed by atoms with Gasteiger partial charge in [0.2, 0.25) is 5.43 Å². The zero-order chi connectivity index (χ0) is 17.9. The maximum atomic E-state index is 12.8. The monoisotopic (exact) mass is 343 g/mol. The highest BCUT2D eigenvalue weighted by molar-refractivity contribution is 6.05. The molecule has 0 atom stereocenters. The highest BCUT2D eigenvalue weighted by atomic mass is 16.2. The molecular weight excluding hydrogens is 330 g/mol. The minimum Gasteiger partial charge on any atom is -0.322 e. The Morgan fingerprint density at radius 2 is 1.77 bits per heavy atom. The van der Waals surface area contributed by atoms with Gasteiger partial charge in [-0.1, -0.05) is 0 Å². The lowest BCUT2D eigenvalue weighted by Crippen LogP contribution is -2.24. The van der Waals surface area contributed by atoms with E-state index >= 15 is 0 Å². The maximum absolute atomic E-state index is 12.8. The van der Waals surface area contributed by atoms with Crippen molar-refractivity contribution in [1.82, 2.24) is 19.5 Å². The lowest BCUT2D eigenvalue weighted by atomic mass is 10.1. The molecule has 0 aromatic carbocycles. The maximum Gasteiger partial charge on any atom is 0.261 e. The SMILES string of the molecule is O=C(Nc1ccncc1)c1cn(-c2cccnc2)c2ncccc2c1=O. The third kappa shape index (κ3) is 2.82. The minimum atomic E-state index is -0.496. The Kier molecular flexibility index (Phi) is 3.95. The van der Waals surface area contributed by atoms with Crippen LogP contribution >= 0.6 is 0 Å². The van der Waals surface area contributed by atoms with E-state index in [0.29, 0.717) is 22.4 Å². The van der Waals surface area contributed by atoms with Gasteiger partial charge in [-0.3, -0.25) is 24.1 Å². The zero-order valence-corrected chi connectivity index (χ0v) is 13.5. The Bertz CT molecular complexity index is 1140. The van der Waals surface area contributed by atoms with Crippen molar-refractivity contribution in [2.24, 2.45) is 0 Å². The van der Waals surface area contributed by atoms with Crippen LogP contribution in [-0.2, 0) is 0 Å². The van der Waals surface area contributed by atoms with Crippen molar-refractivity contribution in [2.45, 2.75) is 0 Å². The van der Waals surface area contributed by atoms with Crippen molar-refractivity contribution in [3.63, 3.8) is 0 Å². The normalized spacial score (nSPS) is 10.6. The number of hydrogen-bond donors (Lipinski definition) is 1. The number of amides is 1. The summed E-state index contributed by atoms with van der Waals surface area (Å²) in [6, 6.07) is 10.2. The summed E-state index contributed by atoms with van der Waals surface area (Å²) >= 11 is 0. The standard InChI is InChI=1S/C19H13N5O2/c25-17-15-4-2-8-22-18(15)24(14-3-1-7-21-11-14)12-16(17)19(26)23-13-5-9-20-10-6-13/h1-12H,(H,20,23,26). The number of carbonyl (C=O) groups excluding carboxylic acids is 1. The molecule has 7 heteroatoms. The van der Waals surface area contributed by atoms with Crippen LogP contribution in [0.1, 0.15) is 10.4 Å². The lowest BCUT2D eigenvalue weighted by Gasteiger charge is -2.12. The van der Waals surface area contributed by atoms with Crippen LogP contribution in [0.25, 0.3) is 16.7 Å². The lowest BCUT2D eigenvalue weighted by molar-refractivity contribution is 0.102. The highest BCUT2D eigenvalue weighted by Crippen LogP contribution is 2.15. The van der Waals surface area contributed by atoms with Gasteiger partial charge < -0.3 is 5.32 Å². The van der Waals surface area contributed by atoms with Crippen LogP contribution in [0.3, 0.4) is 0 Å². The van der Waals surface area contributed by atoms with Gasteiger partial charge in [-0.2, -0.15) is 0 Å². The van der Waals surface area contributed by atoms with E-state index in [1.165, 1.54) is 6.20 Å². The Morgan fingerprint density at radius 3 is 2.54 bits per heavy atom. The van der Waals surface area contributed by atoms with E-state index in [2.05, 4.69) is 20.3 Å².